The van der Waals surface area contributed by atoms with Crippen LogP contribution in [0.15, 0.2) is 12.3 Å². The molecule has 0 spiro atoms. The Balaban J connectivity index is 2.74. The van der Waals surface area contributed by atoms with Gasteiger partial charge in [-0.1, -0.05) is 32.4 Å². The fourth-order valence-corrected chi connectivity index (χ4v) is 1.31. The summed E-state index contributed by atoms with van der Waals surface area (Å²) in [7, 11) is 0. The predicted octanol–water partition coefficient (Wildman–Crippen LogP) is 3.04. The molecule has 0 bridgehead atoms. The number of carbonyl (C=O) groups is 1. The minimum Gasteiger partial charge on any atom is -0.351 e. The molecule has 1 rings (SSSR count). The number of nitrogens with zero attached hydrogens (tertiary/aromatic N) is 1. The predicted molar refractivity (Wildman–Crippen MR) is 65.6 cm³/mol. The first-order valence-corrected chi connectivity index (χ1v) is 5.83. The number of amides is 1. The van der Waals surface area contributed by atoms with Gasteiger partial charge >= 0.3 is 0 Å². The van der Waals surface area contributed by atoms with Gasteiger partial charge in [-0.15, -0.1) is 0 Å². The lowest BCUT2D eigenvalue weighted by Gasteiger charge is -2.22. The molecule has 1 N–H and O–H groups in total. The topological polar surface area (TPSA) is 42.0 Å². The van der Waals surface area contributed by atoms with Crippen LogP contribution in [0.25, 0.3) is 0 Å². The summed E-state index contributed by atoms with van der Waals surface area (Å²) >= 11 is 5.74. The van der Waals surface area contributed by atoms with Crippen LogP contribution in [-0.2, 0) is 0 Å². The third kappa shape index (κ3) is 3.97. The van der Waals surface area contributed by atoms with Gasteiger partial charge < -0.3 is 5.32 Å². The molecule has 0 unspecified atom stereocenters. The molecule has 0 aliphatic rings. The normalized spacial score (nSPS) is 11.4. The molecule has 0 fully saturated rings. The molecular formula is C12H16ClFN2O. The summed E-state index contributed by atoms with van der Waals surface area (Å²) in [4.78, 5) is 15.4. The first-order chi connectivity index (χ1) is 7.85. The number of hydrogen-bond donors (Lipinski definition) is 1. The van der Waals surface area contributed by atoms with Crippen LogP contribution in [0.2, 0.25) is 5.15 Å². The Bertz CT molecular complexity index is 421. The summed E-state index contributed by atoms with van der Waals surface area (Å²) in [6.45, 7) is 6.63. The number of nitrogens with one attached hydrogen (secondary N) is 1. The second kappa shape index (κ2) is 5.45. The zero-order valence-corrected chi connectivity index (χ0v) is 10.9. The molecule has 0 saturated heterocycles. The Morgan fingerprint density at radius 1 is 1.59 bits per heavy atom. The van der Waals surface area contributed by atoms with E-state index in [1.807, 2.05) is 20.8 Å². The molecule has 3 nitrogen and oxygen atoms in total. The first-order valence-electron chi connectivity index (χ1n) is 5.45. The zero-order valence-electron chi connectivity index (χ0n) is 10.2. The molecule has 1 amide bonds. The summed E-state index contributed by atoms with van der Waals surface area (Å²) in [6.07, 6.45) is 1.91. The Morgan fingerprint density at radius 3 is 2.82 bits per heavy atom. The zero-order chi connectivity index (χ0) is 13.1. The standard InChI is InChI=1S/C12H16ClFN2O/c1-4-12(2,3)7-16-11(17)9-5-8(14)6-15-10(9)13/h5-6H,4,7H2,1-3H3,(H,16,17). The van der Waals surface area contributed by atoms with Crippen molar-refractivity contribution in [2.75, 3.05) is 6.54 Å². The van der Waals surface area contributed by atoms with E-state index < -0.39 is 11.7 Å². The molecule has 1 aromatic heterocycles. The van der Waals surface area contributed by atoms with E-state index in [4.69, 9.17) is 11.6 Å². The van der Waals surface area contributed by atoms with Crippen molar-refractivity contribution in [1.29, 1.82) is 0 Å². The van der Waals surface area contributed by atoms with E-state index in [1.165, 1.54) is 0 Å². The second-order valence-corrected chi connectivity index (χ2v) is 5.05. The highest BCUT2D eigenvalue weighted by molar-refractivity contribution is 6.32. The molecule has 0 aromatic carbocycles. The van der Waals surface area contributed by atoms with Crippen LogP contribution in [0.3, 0.4) is 0 Å². The van der Waals surface area contributed by atoms with Gasteiger partial charge in [-0.25, -0.2) is 9.37 Å². The molecule has 5 heteroatoms. The smallest absolute Gasteiger partial charge is 0.254 e. The fraction of sp³-hybridized carbons (Fsp3) is 0.500. The largest absolute Gasteiger partial charge is 0.351 e. The maximum absolute atomic E-state index is 12.9. The quantitative estimate of drug-likeness (QED) is 0.844. The maximum atomic E-state index is 12.9. The van der Waals surface area contributed by atoms with E-state index in [-0.39, 0.29) is 16.1 Å². The van der Waals surface area contributed by atoms with Gasteiger partial charge in [-0.2, -0.15) is 0 Å². The Morgan fingerprint density at radius 2 is 2.24 bits per heavy atom. The molecule has 0 radical (unpaired) electrons. The molecule has 0 aliphatic heterocycles. The molecule has 1 heterocycles. The first kappa shape index (κ1) is 13.9. The number of aromatic nitrogens is 1. The van der Waals surface area contributed by atoms with Crippen LogP contribution < -0.4 is 5.32 Å². The minimum absolute atomic E-state index is 0.00287. The van der Waals surface area contributed by atoms with E-state index in [2.05, 4.69) is 10.3 Å². The Kier molecular flexibility index (Phi) is 4.46. The van der Waals surface area contributed by atoms with Gasteiger partial charge in [0.1, 0.15) is 11.0 Å². The van der Waals surface area contributed by atoms with Gasteiger partial charge in [0.15, 0.2) is 0 Å². The van der Waals surface area contributed by atoms with Crippen molar-refractivity contribution in [3.63, 3.8) is 0 Å². The van der Waals surface area contributed by atoms with Crippen LogP contribution in [0.1, 0.15) is 37.6 Å². The summed E-state index contributed by atoms with van der Waals surface area (Å²) in [5, 5.41) is 2.74. The van der Waals surface area contributed by atoms with Crippen molar-refractivity contribution in [2.24, 2.45) is 5.41 Å². The number of hydrogen-bond acceptors (Lipinski definition) is 2. The Hall–Kier alpha value is -1.16. The lowest BCUT2D eigenvalue weighted by Crippen LogP contribution is -2.33. The van der Waals surface area contributed by atoms with Crippen molar-refractivity contribution >= 4 is 17.5 Å². The van der Waals surface area contributed by atoms with Crippen molar-refractivity contribution < 1.29 is 9.18 Å². The number of halogens is 2. The van der Waals surface area contributed by atoms with Crippen molar-refractivity contribution in [3.05, 3.63) is 28.8 Å². The minimum atomic E-state index is -0.575. The average molecular weight is 259 g/mol. The molecule has 0 aliphatic carbocycles. The molecule has 1 aromatic rings. The number of carbonyl (C=O) groups excluding carboxylic acids is 1. The van der Waals surface area contributed by atoms with Crippen LogP contribution in [0.5, 0.6) is 0 Å². The lowest BCUT2D eigenvalue weighted by atomic mass is 9.90. The maximum Gasteiger partial charge on any atom is 0.254 e. The third-order valence-corrected chi connectivity index (χ3v) is 3.04. The molecule has 17 heavy (non-hydrogen) atoms. The molecular weight excluding hydrogens is 243 g/mol. The Labute approximate surface area is 105 Å². The van der Waals surface area contributed by atoms with E-state index in [0.29, 0.717) is 6.54 Å². The average Bonchev–Trinajstić information content (AvgIpc) is 2.29. The highest BCUT2D eigenvalue weighted by Gasteiger charge is 2.18. The summed E-state index contributed by atoms with van der Waals surface area (Å²) < 4.78 is 12.9. The van der Waals surface area contributed by atoms with E-state index in [0.717, 1.165) is 18.7 Å². The van der Waals surface area contributed by atoms with Gasteiger partial charge in [0.05, 0.1) is 11.8 Å². The van der Waals surface area contributed by atoms with E-state index >= 15 is 0 Å². The number of pyridine rings is 1. The molecule has 0 atom stereocenters. The second-order valence-electron chi connectivity index (χ2n) is 4.69. The van der Waals surface area contributed by atoms with Crippen molar-refractivity contribution in [3.8, 4) is 0 Å². The monoisotopic (exact) mass is 258 g/mol. The molecule has 0 saturated carbocycles. The third-order valence-electron chi connectivity index (χ3n) is 2.73. The highest BCUT2D eigenvalue weighted by Crippen LogP contribution is 2.19. The van der Waals surface area contributed by atoms with Crippen molar-refractivity contribution in [1.82, 2.24) is 10.3 Å². The van der Waals surface area contributed by atoms with Crippen LogP contribution >= 0.6 is 11.6 Å². The summed E-state index contributed by atoms with van der Waals surface area (Å²) in [6, 6.07) is 1.09. The van der Waals surface area contributed by atoms with Gasteiger partial charge in [0.2, 0.25) is 0 Å². The summed E-state index contributed by atoms with van der Waals surface area (Å²) in [5.74, 6) is -0.974. The van der Waals surface area contributed by atoms with Gasteiger partial charge in [-0.3, -0.25) is 4.79 Å². The van der Waals surface area contributed by atoms with Gasteiger partial charge in [0.25, 0.3) is 5.91 Å². The SMILES string of the molecule is CCC(C)(C)CNC(=O)c1cc(F)cnc1Cl. The van der Waals surface area contributed by atoms with Gasteiger partial charge in [-0.05, 0) is 17.9 Å². The van der Waals surface area contributed by atoms with Crippen molar-refractivity contribution in [2.45, 2.75) is 27.2 Å². The van der Waals surface area contributed by atoms with E-state index in [9.17, 15) is 9.18 Å². The van der Waals surface area contributed by atoms with Crippen LogP contribution in [0.4, 0.5) is 4.39 Å². The summed E-state index contributed by atoms with van der Waals surface area (Å²) in [5.41, 5.74) is 0.0710. The highest BCUT2D eigenvalue weighted by atomic mass is 35.5. The van der Waals surface area contributed by atoms with Crippen LogP contribution in [-0.4, -0.2) is 17.4 Å². The van der Waals surface area contributed by atoms with Gasteiger partial charge in [0, 0.05) is 6.54 Å². The fourth-order valence-electron chi connectivity index (χ4n) is 1.12. The van der Waals surface area contributed by atoms with Crippen LogP contribution in [0, 0.1) is 11.2 Å². The van der Waals surface area contributed by atoms with E-state index in [1.54, 1.807) is 0 Å². The molecule has 94 valence electrons. The number of rotatable bonds is 4. The lowest BCUT2D eigenvalue weighted by molar-refractivity contribution is 0.0935.